The lowest BCUT2D eigenvalue weighted by Gasteiger charge is -2.34. The van der Waals surface area contributed by atoms with E-state index in [1.165, 1.54) is 6.20 Å². The van der Waals surface area contributed by atoms with Crippen LogP contribution in [0, 0.1) is 0 Å². The average Bonchev–Trinajstić information content (AvgIpc) is 2.97. The number of nitrogens with zero attached hydrogens (tertiary/aromatic N) is 5. The van der Waals surface area contributed by atoms with Gasteiger partial charge in [0.15, 0.2) is 5.69 Å². The molecule has 1 fully saturated rings. The van der Waals surface area contributed by atoms with Gasteiger partial charge in [-0.3, -0.25) is 0 Å². The molecule has 1 aliphatic rings. The topological polar surface area (TPSA) is 91.6 Å². The van der Waals surface area contributed by atoms with E-state index in [4.69, 9.17) is 5.11 Å². The molecule has 21 heavy (non-hydrogen) atoms. The zero-order valence-corrected chi connectivity index (χ0v) is 12.0. The van der Waals surface area contributed by atoms with Crippen LogP contribution in [0.4, 0.5) is 4.79 Å². The minimum absolute atomic E-state index is 0.0156. The van der Waals surface area contributed by atoms with Gasteiger partial charge in [-0.1, -0.05) is 11.3 Å². The Bertz CT molecular complexity index is 534. The smallest absolute Gasteiger partial charge is 0.358 e. The van der Waals surface area contributed by atoms with Crippen LogP contribution in [-0.4, -0.2) is 68.6 Å². The Kier molecular flexibility index (Phi) is 4.56. The Morgan fingerprint density at radius 3 is 2.71 bits per heavy atom. The van der Waals surface area contributed by atoms with Crippen molar-refractivity contribution < 1.29 is 14.7 Å². The van der Waals surface area contributed by atoms with Crippen LogP contribution in [0.5, 0.6) is 0 Å². The predicted molar refractivity (Wildman–Crippen MR) is 75.0 cm³/mol. The first-order chi connectivity index (χ1) is 10.0. The molecule has 0 atom stereocenters. The number of carbonyl (C=O) groups excluding carboxylic acids is 1. The lowest BCUT2D eigenvalue weighted by atomic mass is 10.1. The Balaban J connectivity index is 1.92. The SMILES string of the molecule is C=CCN(C)C(=O)N1CCC(n2cc(C(=O)O)nn2)CC1. The summed E-state index contributed by atoms with van der Waals surface area (Å²) in [6.45, 7) is 5.37. The second-order valence-corrected chi connectivity index (χ2v) is 5.06. The monoisotopic (exact) mass is 293 g/mol. The number of hydrogen-bond donors (Lipinski definition) is 1. The van der Waals surface area contributed by atoms with Gasteiger partial charge >= 0.3 is 12.0 Å². The van der Waals surface area contributed by atoms with Gasteiger partial charge in [0.1, 0.15) is 0 Å². The van der Waals surface area contributed by atoms with Gasteiger partial charge < -0.3 is 14.9 Å². The van der Waals surface area contributed by atoms with E-state index in [9.17, 15) is 9.59 Å². The van der Waals surface area contributed by atoms with Gasteiger partial charge in [0.05, 0.1) is 12.2 Å². The number of carboxylic acid groups (broad SMARTS) is 1. The predicted octanol–water partition coefficient (Wildman–Crippen LogP) is 0.851. The summed E-state index contributed by atoms with van der Waals surface area (Å²) in [4.78, 5) is 26.3. The van der Waals surface area contributed by atoms with Crippen molar-refractivity contribution in [2.24, 2.45) is 0 Å². The molecule has 2 amide bonds. The van der Waals surface area contributed by atoms with Crippen LogP contribution in [0.3, 0.4) is 0 Å². The largest absolute Gasteiger partial charge is 0.476 e. The number of urea groups is 1. The molecule has 2 heterocycles. The number of carboxylic acids is 1. The van der Waals surface area contributed by atoms with E-state index in [1.54, 1.807) is 27.6 Å². The molecule has 0 unspecified atom stereocenters. The normalized spacial score (nSPS) is 15.8. The van der Waals surface area contributed by atoms with E-state index in [0.29, 0.717) is 19.6 Å². The summed E-state index contributed by atoms with van der Waals surface area (Å²) in [5.41, 5.74) is -0.0563. The molecule has 0 aromatic carbocycles. The van der Waals surface area contributed by atoms with Crippen LogP contribution in [0.15, 0.2) is 18.9 Å². The molecule has 0 aliphatic carbocycles. The Morgan fingerprint density at radius 2 is 2.19 bits per heavy atom. The van der Waals surface area contributed by atoms with Gasteiger partial charge in [-0.2, -0.15) is 0 Å². The molecule has 8 heteroatoms. The molecule has 1 aliphatic heterocycles. The number of likely N-dealkylation sites (tertiary alicyclic amines) is 1. The van der Waals surface area contributed by atoms with Crippen LogP contribution < -0.4 is 0 Å². The molecule has 0 spiro atoms. The molecule has 0 saturated carbocycles. The van der Waals surface area contributed by atoms with Crippen LogP contribution in [0.2, 0.25) is 0 Å². The summed E-state index contributed by atoms with van der Waals surface area (Å²) in [5.74, 6) is -1.08. The van der Waals surface area contributed by atoms with Crippen molar-refractivity contribution in [3.63, 3.8) is 0 Å². The first-order valence-electron chi connectivity index (χ1n) is 6.79. The second kappa shape index (κ2) is 6.38. The number of rotatable bonds is 4. The molecule has 1 aromatic heterocycles. The second-order valence-electron chi connectivity index (χ2n) is 5.06. The van der Waals surface area contributed by atoms with Gasteiger partial charge in [-0.05, 0) is 12.8 Å². The summed E-state index contributed by atoms with van der Waals surface area (Å²) >= 11 is 0. The zero-order valence-electron chi connectivity index (χ0n) is 12.0. The van der Waals surface area contributed by atoms with Crippen LogP contribution in [-0.2, 0) is 0 Å². The van der Waals surface area contributed by atoms with Crippen molar-refractivity contribution >= 4 is 12.0 Å². The standard InChI is InChI=1S/C13H19N5O3/c1-3-6-16(2)13(21)17-7-4-10(5-8-17)18-9-11(12(19)20)14-15-18/h3,9-10H,1,4-8H2,2H3,(H,19,20). The number of hydrogen-bond acceptors (Lipinski definition) is 4. The average molecular weight is 293 g/mol. The number of carbonyl (C=O) groups is 2. The van der Waals surface area contributed by atoms with E-state index < -0.39 is 5.97 Å². The van der Waals surface area contributed by atoms with Crippen molar-refractivity contribution in [1.82, 2.24) is 24.8 Å². The fraction of sp³-hybridized carbons (Fsp3) is 0.538. The number of aromatic carboxylic acids is 1. The minimum Gasteiger partial charge on any atom is -0.476 e. The fourth-order valence-electron chi connectivity index (χ4n) is 2.39. The van der Waals surface area contributed by atoms with Gasteiger partial charge in [-0.15, -0.1) is 11.7 Å². The lowest BCUT2D eigenvalue weighted by molar-refractivity contribution is 0.0690. The number of piperidine rings is 1. The third-order valence-corrected chi connectivity index (χ3v) is 3.57. The maximum absolute atomic E-state index is 12.1. The van der Waals surface area contributed by atoms with Crippen LogP contribution >= 0.6 is 0 Å². The molecule has 8 nitrogen and oxygen atoms in total. The van der Waals surface area contributed by atoms with Crippen molar-refractivity contribution in [2.45, 2.75) is 18.9 Å². The first-order valence-corrected chi connectivity index (χ1v) is 6.79. The molecule has 2 rings (SSSR count). The van der Waals surface area contributed by atoms with Crippen LogP contribution in [0.1, 0.15) is 29.4 Å². The van der Waals surface area contributed by atoms with Crippen molar-refractivity contribution in [3.05, 3.63) is 24.5 Å². The summed E-state index contributed by atoms with van der Waals surface area (Å²) < 4.78 is 1.58. The summed E-state index contributed by atoms with van der Waals surface area (Å²) in [6, 6.07) is 0.0672. The van der Waals surface area contributed by atoms with Crippen molar-refractivity contribution in [2.75, 3.05) is 26.7 Å². The Morgan fingerprint density at radius 1 is 1.52 bits per heavy atom. The molecule has 1 aromatic rings. The van der Waals surface area contributed by atoms with Gasteiger partial charge in [0.2, 0.25) is 0 Å². The highest BCUT2D eigenvalue weighted by atomic mass is 16.4. The van der Waals surface area contributed by atoms with E-state index in [-0.39, 0.29) is 17.8 Å². The first kappa shape index (κ1) is 15.0. The lowest BCUT2D eigenvalue weighted by Crippen LogP contribution is -2.45. The highest BCUT2D eigenvalue weighted by molar-refractivity contribution is 5.84. The van der Waals surface area contributed by atoms with Crippen molar-refractivity contribution in [3.8, 4) is 0 Å². The number of amides is 2. The van der Waals surface area contributed by atoms with E-state index in [2.05, 4.69) is 16.9 Å². The third-order valence-electron chi connectivity index (χ3n) is 3.57. The van der Waals surface area contributed by atoms with Crippen LogP contribution in [0.25, 0.3) is 0 Å². The van der Waals surface area contributed by atoms with Crippen molar-refractivity contribution in [1.29, 1.82) is 0 Å². The Labute approximate surface area is 122 Å². The van der Waals surface area contributed by atoms with Gasteiger partial charge in [0.25, 0.3) is 0 Å². The zero-order chi connectivity index (χ0) is 15.4. The quantitative estimate of drug-likeness (QED) is 0.831. The number of aromatic nitrogens is 3. The molecule has 114 valence electrons. The van der Waals surface area contributed by atoms with Gasteiger partial charge in [-0.25, -0.2) is 14.3 Å². The molecule has 0 radical (unpaired) electrons. The summed E-state index contributed by atoms with van der Waals surface area (Å²) in [7, 11) is 1.74. The minimum atomic E-state index is -1.08. The Hall–Kier alpha value is -2.38. The highest BCUT2D eigenvalue weighted by Crippen LogP contribution is 2.22. The maximum atomic E-state index is 12.1. The molecular formula is C13H19N5O3. The highest BCUT2D eigenvalue weighted by Gasteiger charge is 2.26. The maximum Gasteiger partial charge on any atom is 0.358 e. The molecular weight excluding hydrogens is 274 g/mol. The molecule has 1 saturated heterocycles. The fourth-order valence-corrected chi connectivity index (χ4v) is 2.39. The van der Waals surface area contributed by atoms with Gasteiger partial charge in [0, 0.05) is 26.7 Å². The molecule has 1 N–H and O–H groups in total. The summed E-state index contributed by atoms with van der Waals surface area (Å²) in [5, 5.41) is 16.3. The third kappa shape index (κ3) is 3.39. The molecule has 0 bridgehead atoms. The van der Waals surface area contributed by atoms with E-state index >= 15 is 0 Å². The number of likely N-dealkylation sites (N-methyl/N-ethyl adjacent to an activating group) is 1. The van der Waals surface area contributed by atoms with E-state index in [0.717, 1.165) is 12.8 Å². The van der Waals surface area contributed by atoms with E-state index in [1.807, 2.05) is 0 Å². The summed E-state index contributed by atoms with van der Waals surface area (Å²) in [6.07, 6.45) is 4.59.